The smallest absolute Gasteiger partial charge is 0.234 e. The highest BCUT2D eigenvalue weighted by atomic mass is 79.9. The number of hydrogen-bond donors (Lipinski definition) is 1. The van der Waals surface area contributed by atoms with Gasteiger partial charge in [0.25, 0.3) is 0 Å². The van der Waals surface area contributed by atoms with E-state index in [2.05, 4.69) is 31.4 Å². The molecule has 0 aliphatic carbocycles. The van der Waals surface area contributed by atoms with Gasteiger partial charge in [-0.25, -0.2) is 4.39 Å². The maximum Gasteiger partial charge on any atom is 0.234 e. The topological polar surface area (TPSA) is 59.8 Å². The van der Waals surface area contributed by atoms with Crippen LogP contribution in [0.3, 0.4) is 0 Å². The van der Waals surface area contributed by atoms with Crippen LogP contribution in [-0.4, -0.2) is 26.4 Å². The second kappa shape index (κ2) is 8.11. The van der Waals surface area contributed by atoms with Gasteiger partial charge < -0.3 is 9.88 Å². The molecule has 2 aromatic heterocycles. The molecule has 0 aliphatic rings. The van der Waals surface area contributed by atoms with Crippen LogP contribution in [0.4, 0.5) is 10.1 Å². The van der Waals surface area contributed by atoms with Gasteiger partial charge in [-0.2, -0.15) is 0 Å². The molecule has 0 fully saturated rings. The molecule has 0 atom stereocenters. The van der Waals surface area contributed by atoms with Crippen LogP contribution in [0.2, 0.25) is 0 Å². The van der Waals surface area contributed by atoms with Crippen molar-refractivity contribution in [1.82, 2.24) is 14.8 Å². The van der Waals surface area contributed by atoms with E-state index in [0.29, 0.717) is 16.0 Å². The summed E-state index contributed by atoms with van der Waals surface area (Å²) in [4.78, 5) is 13.2. The van der Waals surface area contributed by atoms with Gasteiger partial charge in [0.15, 0.2) is 5.16 Å². The lowest BCUT2D eigenvalue weighted by Gasteiger charge is -2.07. The second-order valence-electron chi connectivity index (χ2n) is 5.17. The molecule has 0 radical (unpaired) electrons. The zero-order chi connectivity index (χ0) is 17.8. The molecule has 130 valence electrons. The van der Waals surface area contributed by atoms with Gasteiger partial charge in [0, 0.05) is 22.8 Å². The van der Waals surface area contributed by atoms with Crippen molar-refractivity contribution in [1.29, 1.82) is 0 Å². The Balaban J connectivity index is 1.58. The van der Waals surface area contributed by atoms with Gasteiger partial charge in [0.1, 0.15) is 11.6 Å². The fourth-order valence-corrected chi connectivity index (χ4v) is 3.87. The van der Waals surface area contributed by atoms with Crippen molar-refractivity contribution in [2.75, 3.05) is 11.1 Å². The van der Waals surface area contributed by atoms with E-state index in [4.69, 9.17) is 0 Å². The summed E-state index contributed by atoms with van der Waals surface area (Å²) >= 11 is 6.11. The standard InChI is InChI=1S/C16H14BrFN4OS2/c1-22-14(8-11-3-2-6-24-11)20-21-16(22)25-9-15(23)19-13-5-4-10(17)7-12(13)18/h2-7H,8-9H2,1H3,(H,19,23). The summed E-state index contributed by atoms with van der Waals surface area (Å²) in [5.41, 5.74) is 0.158. The molecule has 1 amide bonds. The lowest BCUT2D eigenvalue weighted by Crippen LogP contribution is -2.15. The van der Waals surface area contributed by atoms with E-state index < -0.39 is 5.82 Å². The van der Waals surface area contributed by atoms with Gasteiger partial charge >= 0.3 is 0 Å². The lowest BCUT2D eigenvalue weighted by molar-refractivity contribution is -0.113. The maximum atomic E-state index is 13.7. The van der Waals surface area contributed by atoms with E-state index in [-0.39, 0.29) is 17.3 Å². The quantitative estimate of drug-likeness (QED) is 0.586. The third kappa shape index (κ3) is 4.68. The largest absolute Gasteiger partial charge is 0.323 e. The number of nitrogens with zero attached hydrogens (tertiary/aromatic N) is 3. The molecule has 5 nitrogen and oxygen atoms in total. The highest BCUT2D eigenvalue weighted by Gasteiger charge is 2.13. The third-order valence-electron chi connectivity index (χ3n) is 3.38. The van der Waals surface area contributed by atoms with E-state index in [9.17, 15) is 9.18 Å². The molecule has 1 aromatic carbocycles. The molecular weight excluding hydrogens is 427 g/mol. The Kier molecular flexibility index (Phi) is 5.87. The number of carbonyl (C=O) groups is 1. The monoisotopic (exact) mass is 440 g/mol. The van der Waals surface area contributed by atoms with Crippen LogP contribution in [0.5, 0.6) is 0 Å². The molecule has 9 heteroatoms. The number of thiophene rings is 1. The summed E-state index contributed by atoms with van der Waals surface area (Å²) < 4.78 is 16.2. The SMILES string of the molecule is Cn1c(Cc2cccs2)nnc1SCC(=O)Nc1ccc(Br)cc1F. The number of nitrogens with one attached hydrogen (secondary N) is 1. The first-order valence-electron chi connectivity index (χ1n) is 7.31. The van der Waals surface area contributed by atoms with Crippen LogP contribution in [0.15, 0.2) is 45.3 Å². The summed E-state index contributed by atoms with van der Waals surface area (Å²) in [6.45, 7) is 0. The average Bonchev–Trinajstić information content (AvgIpc) is 3.20. The Labute approximate surface area is 160 Å². The van der Waals surface area contributed by atoms with Crippen molar-refractivity contribution in [2.45, 2.75) is 11.6 Å². The number of halogens is 2. The molecule has 0 bridgehead atoms. The van der Waals surface area contributed by atoms with Crippen LogP contribution >= 0.6 is 39.0 Å². The summed E-state index contributed by atoms with van der Waals surface area (Å²) in [6, 6.07) is 8.54. The minimum Gasteiger partial charge on any atom is -0.323 e. The molecule has 2 heterocycles. The number of aromatic nitrogens is 3. The molecule has 0 spiro atoms. The van der Waals surface area contributed by atoms with E-state index in [1.165, 1.54) is 28.8 Å². The first-order chi connectivity index (χ1) is 12.0. The minimum atomic E-state index is -0.482. The molecule has 0 unspecified atom stereocenters. The van der Waals surface area contributed by atoms with Crippen molar-refractivity contribution >= 4 is 50.6 Å². The highest BCUT2D eigenvalue weighted by Crippen LogP contribution is 2.21. The summed E-state index contributed by atoms with van der Waals surface area (Å²) in [5, 5.41) is 13.5. The van der Waals surface area contributed by atoms with E-state index in [1.807, 2.05) is 29.1 Å². The van der Waals surface area contributed by atoms with Crippen LogP contribution in [0, 0.1) is 5.82 Å². The van der Waals surface area contributed by atoms with Gasteiger partial charge in [-0.15, -0.1) is 21.5 Å². The second-order valence-corrected chi connectivity index (χ2v) is 8.07. The number of carbonyl (C=O) groups excluding carboxylic acids is 1. The Morgan fingerprint density at radius 2 is 2.24 bits per heavy atom. The molecule has 3 rings (SSSR count). The Hall–Kier alpha value is -1.71. The number of amides is 1. The molecule has 0 aliphatic heterocycles. The fraction of sp³-hybridized carbons (Fsp3) is 0.188. The fourth-order valence-electron chi connectivity index (χ4n) is 2.10. The first-order valence-corrected chi connectivity index (χ1v) is 9.97. The van der Waals surface area contributed by atoms with Crippen LogP contribution in [-0.2, 0) is 18.3 Å². The van der Waals surface area contributed by atoms with Crippen LogP contribution in [0.25, 0.3) is 0 Å². The number of rotatable bonds is 6. The molecule has 0 saturated heterocycles. The van der Waals surface area contributed by atoms with E-state index in [1.54, 1.807) is 17.4 Å². The van der Waals surface area contributed by atoms with Gasteiger partial charge in [-0.05, 0) is 29.6 Å². The predicted molar refractivity (Wildman–Crippen MR) is 102 cm³/mol. The van der Waals surface area contributed by atoms with Crippen molar-refractivity contribution in [3.63, 3.8) is 0 Å². The number of thioether (sulfide) groups is 1. The number of hydrogen-bond acceptors (Lipinski definition) is 5. The van der Waals surface area contributed by atoms with Crippen molar-refractivity contribution < 1.29 is 9.18 Å². The predicted octanol–water partition coefficient (Wildman–Crippen LogP) is 4.10. The molecule has 1 N–H and O–H groups in total. The van der Waals surface area contributed by atoms with Crippen molar-refractivity contribution in [2.24, 2.45) is 7.05 Å². The minimum absolute atomic E-state index is 0.125. The number of benzene rings is 1. The molecular formula is C16H14BrFN4OS2. The van der Waals surface area contributed by atoms with E-state index >= 15 is 0 Å². The summed E-state index contributed by atoms with van der Waals surface area (Å²) in [6.07, 6.45) is 0.706. The average molecular weight is 441 g/mol. The van der Waals surface area contributed by atoms with Gasteiger partial charge in [-0.1, -0.05) is 33.8 Å². The van der Waals surface area contributed by atoms with E-state index in [0.717, 1.165) is 5.82 Å². The van der Waals surface area contributed by atoms with Crippen molar-refractivity contribution in [3.8, 4) is 0 Å². The summed E-state index contributed by atoms with van der Waals surface area (Å²) in [5.74, 6) is 0.184. The zero-order valence-corrected chi connectivity index (χ0v) is 16.4. The lowest BCUT2D eigenvalue weighted by atomic mass is 10.3. The maximum absolute atomic E-state index is 13.7. The molecule has 3 aromatic rings. The molecule has 0 saturated carbocycles. The summed E-state index contributed by atoms with van der Waals surface area (Å²) in [7, 11) is 1.87. The normalized spacial score (nSPS) is 10.8. The number of anilines is 1. The Morgan fingerprint density at radius 3 is 2.96 bits per heavy atom. The third-order valence-corrected chi connectivity index (χ3v) is 5.76. The van der Waals surface area contributed by atoms with Crippen LogP contribution in [0.1, 0.15) is 10.7 Å². The first kappa shape index (κ1) is 18.1. The van der Waals surface area contributed by atoms with Gasteiger partial charge in [-0.3, -0.25) is 4.79 Å². The Bertz CT molecular complexity index is 882. The van der Waals surface area contributed by atoms with Gasteiger partial charge in [0.05, 0.1) is 11.4 Å². The highest BCUT2D eigenvalue weighted by molar-refractivity contribution is 9.10. The molecule has 25 heavy (non-hydrogen) atoms. The Morgan fingerprint density at radius 1 is 1.40 bits per heavy atom. The van der Waals surface area contributed by atoms with Gasteiger partial charge in [0.2, 0.25) is 5.91 Å². The zero-order valence-electron chi connectivity index (χ0n) is 13.2. The van der Waals surface area contributed by atoms with Crippen LogP contribution < -0.4 is 5.32 Å². The van der Waals surface area contributed by atoms with Crippen molar-refractivity contribution in [3.05, 3.63) is 56.7 Å².